The van der Waals surface area contributed by atoms with Crippen LogP contribution in [0.25, 0.3) is 0 Å². The fraction of sp³-hybridized carbons (Fsp3) is 0.500. The smallest absolute Gasteiger partial charge is 0.408 e. The van der Waals surface area contributed by atoms with Crippen molar-refractivity contribution in [1.29, 1.82) is 0 Å². The van der Waals surface area contributed by atoms with E-state index in [0.717, 1.165) is 30.4 Å². The van der Waals surface area contributed by atoms with Crippen LogP contribution in [0.2, 0.25) is 0 Å². The summed E-state index contributed by atoms with van der Waals surface area (Å²) in [6, 6.07) is 9.35. The van der Waals surface area contributed by atoms with Crippen molar-refractivity contribution in [1.82, 2.24) is 10.2 Å². The topological polar surface area (TPSA) is 128 Å². The molecule has 0 aliphatic carbocycles. The fourth-order valence-electron chi connectivity index (χ4n) is 4.24. The van der Waals surface area contributed by atoms with Gasteiger partial charge in [0.15, 0.2) is 0 Å². The summed E-state index contributed by atoms with van der Waals surface area (Å²) < 4.78 is 5.29. The summed E-state index contributed by atoms with van der Waals surface area (Å²) in [6.07, 6.45) is 2.56. The number of carbonyl (C=O) groups is 3. The lowest BCUT2D eigenvalue weighted by atomic mass is 10.0. The zero-order valence-corrected chi connectivity index (χ0v) is 23.9. The number of hydrogen-bond donors (Lipinski definition) is 4. The molecular weight excluding hydrogens is 498 g/mol. The maximum absolute atomic E-state index is 13.9. The molecule has 4 N–H and O–H groups in total. The number of rotatable bonds is 12. The number of alkyl carbamates (subject to hydrolysis) is 1. The molecular formula is C30H43N3O6. The average molecular weight is 542 g/mol. The number of aromatic hydroxyl groups is 1. The Kier molecular flexibility index (Phi) is 11.8. The molecule has 0 heterocycles. The van der Waals surface area contributed by atoms with Crippen LogP contribution >= 0.6 is 0 Å². The van der Waals surface area contributed by atoms with Gasteiger partial charge in [0.05, 0.1) is 6.61 Å². The monoisotopic (exact) mass is 541 g/mol. The lowest BCUT2D eigenvalue weighted by molar-refractivity contribution is -0.141. The number of carbonyl (C=O) groups excluding carboxylic acids is 3. The van der Waals surface area contributed by atoms with E-state index in [4.69, 9.17) is 4.74 Å². The molecule has 0 bridgehead atoms. The Morgan fingerprint density at radius 3 is 2.13 bits per heavy atom. The molecule has 9 nitrogen and oxygen atoms in total. The summed E-state index contributed by atoms with van der Waals surface area (Å²) in [5, 5.41) is 25.4. The van der Waals surface area contributed by atoms with Crippen LogP contribution in [0.1, 0.15) is 76.1 Å². The van der Waals surface area contributed by atoms with Gasteiger partial charge in [0.25, 0.3) is 5.91 Å². The van der Waals surface area contributed by atoms with Crippen LogP contribution in [-0.4, -0.2) is 57.8 Å². The van der Waals surface area contributed by atoms with E-state index in [0.29, 0.717) is 17.7 Å². The highest BCUT2D eigenvalue weighted by molar-refractivity contribution is 6.00. The van der Waals surface area contributed by atoms with Crippen molar-refractivity contribution < 1.29 is 29.3 Å². The number of nitrogens with zero attached hydrogens (tertiary/aromatic N) is 1. The summed E-state index contributed by atoms with van der Waals surface area (Å²) in [7, 11) is 0. The van der Waals surface area contributed by atoms with Gasteiger partial charge in [-0.15, -0.1) is 0 Å². The van der Waals surface area contributed by atoms with Crippen LogP contribution in [0.3, 0.4) is 0 Å². The second-order valence-electron chi connectivity index (χ2n) is 10.7. The van der Waals surface area contributed by atoms with Gasteiger partial charge in [0, 0.05) is 12.2 Å². The van der Waals surface area contributed by atoms with Crippen LogP contribution in [0, 0.1) is 13.8 Å². The van der Waals surface area contributed by atoms with E-state index >= 15 is 0 Å². The van der Waals surface area contributed by atoms with Crippen LogP contribution in [0.5, 0.6) is 5.75 Å². The van der Waals surface area contributed by atoms with Gasteiger partial charge < -0.3 is 30.5 Å². The first-order chi connectivity index (χ1) is 18.4. The molecule has 0 aromatic heterocycles. The highest BCUT2D eigenvalue weighted by Gasteiger charge is 2.36. The molecule has 9 heteroatoms. The Hall–Kier alpha value is -3.59. The van der Waals surface area contributed by atoms with E-state index in [9.17, 15) is 24.6 Å². The van der Waals surface area contributed by atoms with E-state index in [-0.39, 0.29) is 12.3 Å². The van der Waals surface area contributed by atoms with Gasteiger partial charge in [-0.05, 0) is 69.9 Å². The summed E-state index contributed by atoms with van der Waals surface area (Å²) in [5.41, 5.74) is 2.07. The zero-order chi connectivity index (χ0) is 29.2. The molecule has 0 radical (unpaired) electrons. The van der Waals surface area contributed by atoms with E-state index in [1.54, 1.807) is 32.9 Å². The minimum Gasteiger partial charge on any atom is -0.508 e. The summed E-state index contributed by atoms with van der Waals surface area (Å²) in [6.45, 7) is 10.5. The van der Waals surface area contributed by atoms with Gasteiger partial charge in [-0.3, -0.25) is 9.59 Å². The van der Waals surface area contributed by atoms with Crippen molar-refractivity contribution in [3.8, 4) is 5.75 Å². The SMILES string of the molecule is CCCCCCN(C(=O)C(CO)NC(=O)OC(C)(C)C)C(C(=O)Nc1c(C)cccc1C)c1ccc(O)cc1. The number of unbranched alkanes of at least 4 members (excludes halogenated alkanes) is 3. The molecule has 0 aliphatic rings. The third kappa shape index (κ3) is 9.58. The number of hydrogen-bond acceptors (Lipinski definition) is 6. The predicted molar refractivity (Wildman–Crippen MR) is 151 cm³/mol. The van der Waals surface area contributed by atoms with Crippen molar-refractivity contribution >= 4 is 23.6 Å². The van der Waals surface area contributed by atoms with Gasteiger partial charge in [0.2, 0.25) is 5.91 Å². The third-order valence-corrected chi connectivity index (χ3v) is 6.21. The number of phenolic OH excluding ortho intramolecular Hbond substituents is 1. The minimum absolute atomic E-state index is 0.0216. The van der Waals surface area contributed by atoms with E-state index in [1.165, 1.54) is 17.0 Å². The molecule has 0 saturated heterocycles. The fourth-order valence-corrected chi connectivity index (χ4v) is 4.24. The predicted octanol–water partition coefficient (Wildman–Crippen LogP) is 4.98. The molecule has 2 aromatic rings. The number of phenols is 1. The molecule has 214 valence electrons. The number of benzene rings is 2. The lowest BCUT2D eigenvalue weighted by Gasteiger charge is -2.34. The van der Waals surface area contributed by atoms with Crippen LogP contribution in [0.15, 0.2) is 42.5 Å². The van der Waals surface area contributed by atoms with Gasteiger partial charge in [0.1, 0.15) is 23.4 Å². The Bertz CT molecular complexity index is 1090. The molecule has 0 aliphatic heterocycles. The maximum Gasteiger partial charge on any atom is 0.408 e. The molecule has 3 amide bonds. The first-order valence-corrected chi connectivity index (χ1v) is 13.4. The molecule has 0 saturated carbocycles. The number of aliphatic hydroxyl groups is 1. The van der Waals surface area contributed by atoms with E-state index < -0.39 is 42.2 Å². The van der Waals surface area contributed by atoms with Crippen molar-refractivity contribution in [3.05, 3.63) is 59.2 Å². The minimum atomic E-state index is -1.32. The van der Waals surface area contributed by atoms with Crippen molar-refractivity contribution in [3.63, 3.8) is 0 Å². The molecule has 2 unspecified atom stereocenters. The molecule has 39 heavy (non-hydrogen) atoms. The normalized spacial score (nSPS) is 12.8. The average Bonchev–Trinajstić information content (AvgIpc) is 2.86. The van der Waals surface area contributed by atoms with Crippen LogP contribution in [0.4, 0.5) is 10.5 Å². The second-order valence-corrected chi connectivity index (χ2v) is 10.7. The molecule has 2 rings (SSSR count). The molecule has 0 fully saturated rings. The number of aryl methyl sites for hydroxylation is 2. The Balaban J connectivity index is 2.50. The maximum atomic E-state index is 13.9. The number of nitrogens with one attached hydrogen (secondary N) is 2. The highest BCUT2D eigenvalue weighted by Crippen LogP contribution is 2.28. The van der Waals surface area contributed by atoms with Crippen molar-refractivity contribution in [2.24, 2.45) is 0 Å². The summed E-state index contributed by atoms with van der Waals surface area (Å²) in [5.74, 6) is -1.04. The van der Waals surface area contributed by atoms with Crippen LogP contribution < -0.4 is 10.6 Å². The zero-order valence-electron chi connectivity index (χ0n) is 23.9. The summed E-state index contributed by atoms with van der Waals surface area (Å²) >= 11 is 0. The standard InChI is InChI=1S/C30H43N3O6/c1-7-8-9-10-18-33(28(37)24(19-34)31-29(38)39-30(4,5)6)26(22-14-16-23(35)17-15-22)27(36)32-25-20(2)12-11-13-21(25)3/h11-17,24,26,34-35H,7-10,18-19H2,1-6H3,(H,31,38)(H,32,36). The van der Waals surface area contributed by atoms with E-state index in [1.807, 2.05) is 32.0 Å². The molecule has 0 spiro atoms. The summed E-state index contributed by atoms with van der Waals surface area (Å²) in [4.78, 5) is 41.6. The van der Waals surface area contributed by atoms with Gasteiger partial charge in [-0.1, -0.05) is 56.5 Å². The van der Waals surface area contributed by atoms with E-state index in [2.05, 4.69) is 17.6 Å². The van der Waals surface area contributed by atoms with Gasteiger partial charge in [-0.2, -0.15) is 0 Å². The second kappa shape index (κ2) is 14.5. The number of aliphatic hydroxyl groups excluding tert-OH is 1. The first-order valence-electron chi connectivity index (χ1n) is 13.4. The van der Waals surface area contributed by atoms with Crippen molar-refractivity contribution in [2.75, 3.05) is 18.5 Å². The van der Waals surface area contributed by atoms with Crippen LogP contribution in [-0.2, 0) is 14.3 Å². The molecule has 2 aromatic carbocycles. The number of anilines is 1. The van der Waals surface area contributed by atoms with Crippen molar-refractivity contribution in [2.45, 2.75) is 84.9 Å². The van der Waals surface area contributed by atoms with Gasteiger partial charge >= 0.3 is 6.09 Å². The van der Waals surface area contributed by atoms with Gasteiger partial charge in [-0.25, -0.2) is 4.79 Å². The quantitative estimate of drug-likeness (QED) is 0.281. The molecule has 2 atom stereocenters. The lowest BCUT2D eigenvalue weighted by Crippen LogP contribution is -2.54. The largest absolute Gasteiger partial charge is 0.508 e. The Morgan fingerprint density at radius 1 is 0.974 bits per heavy atom. The number of ether oxygens (including phenoxy) is 1. The highest BCUT2D eigenvalue weighted by atomic mass is 16.6. The first kappa shape index (κ1) is 31.6. The Morgan fingerprint density at radius 2 is 1.59 bits per heavy atom. The number of amides is 3. The Labute approximate surface area is 231 Å². The number of para-hydroxylation sites is 1. The third-order valence-electron chi connectivity index (χ3n) is 6.21.